The zero-order valence-corrected chi connectivity index (χ0v) is 5.42. The number of carbonyl (C=O) groups is 1. The molecule has 64 valence electrons. The van der Waals surface area contributed by atoms with Gasteiger partial charge in [0.2, 0.25) is 0 Å². The number of nitro groups is 2. The topological polar surface area (TPSA) is 113 Å². The molecule has 0 aromatic carbocycles. The van der Waals surface area contributed by atoms with Crippen molar-refractivity contribution >= 4 is 57.4 Å². The Balaban J connectivity index is 0. The molecule has 0 heterocycles. The summed E-state index contributed by atoms with van der Waals surface area (Å²) in [5, 5.41) is 19.6. The average molecular weight is 204 g/mol. The Bertz CT molecular complexity index is 191. The summed E-state index contributed by atoms with van der Waals surface area (Å²) in [6.07, 6.45) is -2.51. The van der Waals surface area contributed by atoms with E-state index in [0.717, 1.165) is 7.11 Å². The molecule has 0 rings (SSSR count). The van der Waals surface area contributed by atoms with E-state index in [0.29, 0.717) is 0 Å². The molecular formula is C3H5KN2O6. The van der Waals surface area contributed by atoms with E-state index in [9.17, 15) is 25.0 Å². The van der Waals surface area contributed by atoms with E-state index in [1.54, 1.807) is 0 Å². The predicted octanol–water partition coefficient (Wildman–Crippen LogP) is -1.61. The Morgan fingerprint density at radius 1 is 1.33 bits per heavy atom. The fraction of sp³-hybridized carbons (Fsp3) is 0.667. The number of rotatable bonds is 3. The monoisotopic (exact) mass is 204 g/mol. The Morgan fingerprint density at radius 3 is 1.75 bits per heavy atom. The van der Waals surface area contributed by atoms with Crippen molar-refractivity contribution in [3.8, 4) is 0 Å². The summed E-state index contributed by atoms with van der Waals surface area (Å²) < 4.78 is 3.81. The van der Waals surface area contributed by atoms with Crippen LogP contribution >= 0.6 is 0 Å². The first-order chi connectivity index (χ1) is 5.00. The molecule has 8 nitrogen and oxygen atoms in total. The number of carbonyl (C=O) groups excluding carboxylic acids is 1. The van der Waals surface area contributed by atoms with Crippen LogP contribution in [0.3, 0.4) is 0 Å². The maximum atomic E-state index is 10.3. The fourth-order valence-electron chi connectivity index (χ4n) is 0.355. The molecule has 0 radical (unpaired) electrons. The molecule has 0 bridgehead atoms. The van der Waals surface area contributed by atoms with Crippen LogP contribution in [0, 0.1) is 20.2 Å². The molecule has 0 aromatic rings. The van der Waals surface area contributed by atoms with Crippen LogP contribution in [0.15, 0.2) is 0 Å². The summed E-state index contributed by atoms with van der Waals surface area (Å²) in [4.78, 5) is 27.2. The molecule has 0 amide bonds. The summed E-state index contributed by atoms with van der Waals surface area (Å²) in [7, 11) is 0.836. The van der Waals surface area contributed by atoms with Crippen molar-refractivity contribution < 1.29 is 19.4 Å². The fourth-order valence-corrected chi connectivity index (χ4v) is 0.355. The van der Waals surface area contributed by atoms with Crippen LogP contribution in [0.4, 0.5) is 0 Å². The number of hydrogen-bond acceptors (Lipinski definition) is 6. The number of methoxy groups -OCH3 is 1. The van der Waals surface area contributed by atoms with Crippen LogP contribution in [-0.2, 0) is 9.53 Å². The van der Waals surface area contributed by atoms with E-state index in [2.05, 4.69) is 4.74 Å². The van der Waals surface area contributed by atoms with Crippen molar-refractivity contribution in [3.63, 3.8) is 0 Å². The Hall–Kier alpha value is -0.0936. The molecule has 0 saturated heterocycles. The first kappa shape index (κ1) is 14.4. The molecule has 0 atom stereocenters. The summed E-state index contributed by atoms with van der Waals surface area (Å²) in [5.74, 6) is -1.49. The standard InChI is InChI=1S/C3H4N2O6.K.H/c1-11-3(6)2(4(7)8)5(9)10;;/h2H,1H3;;. The van der Waals surface area contributed by atoms with Crippen LogP contribution in [0.2, 0.25) is 0 Å². The summed E-state index contributed by atoms with van der Waals surface area (Å²) in [6.45, 7) is 0. The molecule has 0 aromatic heterocycles. The van der Waals surface area contributed by atoms with E-state index in [1.165, 1.54) is 0 Å². The normalized spacial score (nSPS) is 8.50. The number of esters is 1. The van der Waals surface area contributed by atoms with Gasteiger partial charge in [-0.2, -0.15) is 0 Å². The van der Waals surface area contributed by atoms with E-state index < -0.39 is 22.0 Å². The molecule has 0 aliphatic heterocycles. The first-order valence-corrected chi connectivity index (χ1v) is 2.35. The van der Waals surface area contributed by atoms with Gasteiger partial charge in [0.1, 0.15) is 9.85 Å². The Labute approximate surface area is 109 Å². The van der Waals surface area contributed by atoms with Crippen molar-refractivity contribution in [2.24, 2.45) is 0 Å². The Kier molecular flexibility index (Phi) is 7.73. The van der Waals surface area contributed by atoms with Gasteiger partial charge < -0.3 is 4.74 Å². The number of ether oxygens (including phenoxy) is 1. The zero-order chi connectivity index (χ0) is 9.02. The summed E-state index contributed by atoms with van der Waals surface area (Å²) in [6, 6.07) is 0. The predicted molar refractivity (Wildman–Crippen MR) is 36.9 cm³/mol. The molecule has 0 unspecified atom stereocenters. The van der Waals surface area contributed by atoms with Gasteiger partial charge in [0.25, 0.3) is 0 Å². The van der Waals surface area contributed by atoms with Gasteiger partial charge >= 0.3 is 63.5 Å². The van der Waals surface area contributed by atoms with Crippen LogP contribution < -0.4 is 0 Å². The van der Waals surface area contributed by atoms with Gasteiger partial charge in [0.15, 0.2) is 0 Å². The van der Waals surface area contributed by atoms with Gasteiger partial charge in [0, 0.05) is 0 Å². The maximum absolute atomic E-state index is 10.3. The third kappa shape index (κ3) is 4.06. The minimum atomic E-state index is -2.51. The van der Waals surface area contributed by atoms with E-state index >= 15 is 0 Å². The first-order valence-electron chi connectivity index (χ1n) is 2.35. The molecule has 12 heavy (non-hydrogen) atoms. The molecule has 0 saturated carbocycles. The quantitative estimate of drug-likeness (QED) is 0.180. The second kappa shape index (κ2) is 6.43. The average Bonchev–Trinajstić information content (AvgIpc) is 1.85. The molecule has 0 fully saturated rings. The van der Waals surface area contributed by atoms with Gasteiger partial charge in [-0.15, -0.1) is 0 Å². The molecule has 0 aliphatic rings. The summed E-state index contributed by atoms with van der Waals surface area (Å²) in [5.41, 5.74) is 0. The van der Waals surface area contributed by atoms with Crippen LogP contribution in [0.25, 0.3) is 0 Å². The summed E-state index contributed by atoms with van der Waals surface area (Å²) >= 11 is 0. The van der Waals surface area contributed by atoms with Crippen molar-refractivity contribution in [3.05, 3.63) is 20.2 Å². The van der Waals surface area contributed by atoms with Crippen LogP contribution in [0.1, 0.15) is 0 Å². The third-order valence-electron chi connectivity index (χ3n) is 0.811. The van der Waals surface area contributed by atoms with Gasteiger partial charge in [0.05, 0.1) is 7.11 Å². The molecular weight excluding hydrogens is 199 g/mol. The van der Waals surface area contributed by atoms with Gasteiger partial charge in [-0.25, -0.2) is 4.79 Å². The van der Waals surface area contributed by atoms with E-state index in [1.807, 2.05) is 0 Å². The van der Waals surface area contributed by atoms with Crippen molar-refractivity contribution in [2.75, 3.05) is 7.11 Å². The van der Waals surface area contributed by atoms with Crippen LogP contribution in [-0.4, -0.2) is 80.5 Å². The number of hydrogen-bond donors (Lipinski definition) is 0. The second-order valence-corrected chi connectivity index (χ2v) is 1.47. The van der Waals surface area contributed by atoms with Crippen molar-refractivity contribution in [1.29, 1.82) is 0 Å². The van der Waals surface area contributed by atoms with E-state index in [4.69, 9.17) is 0 Å². The molecule has 0 spiro atoms. The van der Waals surface area contributed by atoms with Crippen LogP contribution in [0.5, 0.6) is 0 Å². The van der Waals surface area contributed by atoms with Gasteiger partial charge in [-0.05, 0) is 0 Å². The zero-order valence-electron chi connectivity index (χ0n) is 5.42. The minimum absolute atomic E-state index is 0. The van der Waals surface area contributed by atoms with Crippen molar-refractivity contribution in [2.45, 2.75) is 6.17 Å². The number of nitrogens with zero attached hydrogens (tertiary/aromatic N) is 2. The van der Waals surface area contributed by atoms with Gasteiger partial charge in [-0.1, -0.05) is 0 Å². The van der Waals surface area contributed by atoms with Gasteiger partial charge in [-0.3, -0.25) is 20.2 Å². The van der Waals surface area contributed by atoms with Crippen molar-refractivity contribution in [1.82, 2.24) is 0 Å². The molecule has 9 heteroatoms. The molecule has 0 aliphatic carbocycles. The van der Waals surface area contributed by atoms with E-state index in [-0.39, 0.29) is 51.4 Å². The second-order valence-electron chi connectivity index (χ2n) is 1.47. The third-order valence-corrected chi connectivity index (χ3v) is 0.811. The molecule has 0 N–H and O–H groups in total. The Morgan fingerprint density at radius 2 is 1.67 bits per heavy atom. The SMILES string of the molecule is COC(=O)C([N+](=O)[O-])[N+](=O)[O-].[KH].